The number of ketones is 1. The van der Waals surface area contributed by atoms with Gasteiger partial charge in [0.15, 0.2) is 23.2 Å². The van der Waals surface area contributed by atoms with Gasteiger partial charge in [-0.3, -0.25) is 9.59 Å². The topological polar surface area (TPSA) is 79.6 Å². The average molecular weight is 328 g/mol. The number of rotatable bonds is 6. The van der Waals surface area contributed by atoms with Crippen molar-refractivity contribution in [1.29, 1.82) is 5.26 Å². The van der Waals surface area contributed by atoms with Gasteiger partial charge in [0.25, 0.3) is 0 Å². The number of allylic oxidation sites excluding steroid dienone is 1. The fourth-order valence-corrected chi connectivity index (χ4v) is 2.67. The summed E-state index contributed by atoms with van der Waals surface area (Å²) in [5, 5.41) is 9.21. The molecule has 1 aliphatic rings. The summed E-state index contributed by atoms with van der Waals surface area (Å²) in [5.41, 5.74) is 0.635. The first-order chi connectivity index (χ1) is 11.6. The zero-order valence-electron chi connectivity index (χ0n) is 13.8. The van der Waals surface area contributed by atoms with Crippen LogP contribution in [0.2, 0.25) is 0 Å². The molecule has 0 radical (unpaired) electrons. The molecule has 0 N–H and O–H groups in total. The number of ether oxygens (including phenoxy) is 2. The third kappa shape index (κ3) is 3.74. The van der Waals surface area contributed by atoms with Crippen LogP contribution in [-0.4, -0.2) is 43.9 Å². The van der Waals surface area contributed by atoms with E-state index in [4.69, 9.17) is 9.47 Å². The summed E-state index contributed by atoms with van der Waals surface area (Å²) in [5.74, 6) is -1.21. The minimum Gasteiger partial charge on any atom is -0.493 e. The summed E-state index contributed by atoms with van der Waals surface area (Å²) in [6.45, 7) is 1.22. The van der Waals surface area contributed by atoms with Gasteiger partial charge in [0.1, 0.15) is 0 Å². The molecule has 0 aromatic heterocycles. The minimum absolute atomic E-state index is 0.415. The highest BCUT2D eigenvalue weighted by Gasteiger charge is 2.30. The standard InChI is InChI=1S/C18H20N2O4/c1-23-16-7-5-6-13(17(16)24-2)8-9-15(21)14(12-19)18(22)20-10-3-4-11-20/h5-9,14H,3-4,10-11H2,1-2H3/b9-8+/t14-/m1/s1. The Kier molecular flexibility index (Phi) is 5.96. The van der Waals surface area contributed by atoms with E-state index in [0.29, 0.717) is 30.2 Å². The Morgan fingerprint density at radius 3 is 2.54 bits per heavy atom. The molecule has 1 aliphatic heterocycles. The van der Waals surface area contributed by atoms with Gasteiger partial charge < -0.3 is 14.4 Å². The second kappa shape index (κ2) is 8.16. The first-order valence-corrected chi connectivity index (χ1v) is 7.73. The number of hydrogen-bond acceptors (Lipinski definition) is 5. The van der Waals surface area contributed by atoms with Crippen molar-refractivity contribution in [2.45, 2.75) is 12.8 Å². The third-order valence-electron chi connectivity index (χ3n) is 3.94. The quantitative estimate of drug-likeness (QED) is 0.590. The lowest BCUT2D eigenvalue weighted by molar-refractivity contribution is -0.136. The van der Waals surface area contributed by atoms with E-state index >= 15 is 0 Å². The summed E-state index contributed by atoms with van der Waals surface area (Å²) in [4.78, 5) is 26.1. The van der Waals surface area contributed by atoms with Crippen molar-refractivity contribution in [3.63, 3.8) is 0 Å². The highest BCUT2D eigenvalue weighted by molar-refractivity contribution is 6.10. The fraction of sp³-hybridized carbons (Fsp3) is 0.389. The zero-order valence-corrected chi connectivity index (χ0v) is 13.8. The Labute approximate surface area is 141 Å². The third-order valence-corrected chi connectivity index (χ3v) is 3.94. The van der Waals surface area contributed by atoms with E-state index < -0.39 is 17.6 Å². The molecule has 6 nitrogen and oxygen atoms in total. The second-order valence-electron chi connectivity index (χ2n) is 5.41. The fourth-order valence-electron chi connectivity index (χ4n) is 2.67. The molecule has 6 heteroatoms. The van der Waals surface area contributed by atoms with Gasteiger partial charge in [0.05, 0.1) is 20.3 Å². The molecule has 1 heterocycles. The number of methoxy groups -OCH3 is 2. The predicted molar refractivity (Wildman–Crippen MR) is 88.5 cm³/mol. The Hall–Kier alpha value is -2.81. The van der Waals surface area contributed by atoms with E-state index in [1.54, 1.807) is 23.1 Å². The highest BCUT2D eigenvalue weighted by atomic mass is 16.5. The molecule has 126 valence electrons. The van der Waals surface area contributed by atoms with Gasteiger partial charge in [-0.1, -0.05) is 12.1 Å². The van der Waals surface area contributed by atoms with Gasteiger partial charge in [-0.25, -0.2) is 0 Å². The Morgan fingerprint density at radius 1 is 1.25 bits per heavy atom. The van der Waals surface area contributed by atoms with Crippen molar-refractivity contribution in [2.75, 3.05) is 27.3 Å². The molecule has 2 rings (SSSR count). The Balaban J connectivity index is 2.17. The van der Waals surface area contributed by atoms with Gasteiger partial charge in [-0.05, 0) is 31.1 Å². The summed E-state index contributed by atoms with van der Waals surface area (Å²) < 4.78 is 10.5. The predicted octanol–water partition coefficient (Wildman–Crippen LogP) is 2.05. The van der Waals surface area contributed by atoms with Crippen molar-refractivity contribution in [2.24, 2.45) is 5.92 Å². The molecule has 1 saturated heterocycles. The number of amides is 1. The second-order valence-corrected chi connectivity index (χ2v) is 5.41. The first kappa shape index (κ1) is 17.5. The van der Waals surface area contributed by atoms with Crippen molar-refractivity contribution in [1.82, 2.24) is 4.90 Å². The summed E-state index contributed by atoms with van der Waals surface area (Å²) in [6.07, 6.45) is 4.61. The lowest BCUT2D eigenvalue weighted by atomic mass is 10.0. The molecule has 0 bridgehead atoms. The maximum atomic E-state index is 12.3. The molecule has 1 atom stereocenters. The highest BCUT2D eigenvalue weighted by Crippen LogP contribution is 2.31. The largest absolute Gasteiger partial charge is 0.493 e. The lowest BCUT2D eigenvalue weighted by Gasteiger charge is -2.17. The van der Waals surface area contributed by atoms with E-state index in [9.17, 15) is 14.9 Å². The van der Waals surface area contributed by atoms with E-state index in [0.717, 1.165) is 12.8 Å². The Morgan fingerprint density at radius 2 is 1.96 bits per heavy atom. The molecule has 0 aliphatic carbocycles. The SMILES string of the molecule is COc1cccc(/C=C/C(=O)[C@@H](C#N)C(=O)N2CCCC2)c1OC. The van der Waals surface area contributed by atoms with Gasteiger partial charge in [0.2, 0.25) is 5.91 Å². The van der Waals surface area contributed by atoms with Crippen LogP contribution in [0, 0.1) is 17.2 Å². The summed E-state index contributed by atoms with van der Waals surface area (Å²) in [7, 11) is 3.03. The summed E-state index contributed by atoms with van der Waals surface area (Å²) in [6, 6.07) is 7.09. The van der Waals surface area contributed by atoms with Crippen LogP contribution < -0.4 is 9.47 Å². The maximum absolute atomic E-state index is 12.3. The van der Waals surface area contributed by atoms with E-state index in [2.05, 4.69) is 0 Å². The lowest BCUT2D eigenvalue weighted by Crippen LogP contribution is -2.36. The number of carbonyl (C=O) groups excluding carboxylic acids is 2. The molecule has 1 aromatic carbocycles. The number of para-hydroxylation sites is 1. The molecule has 0 saturated carbocycles. The first-order valence-electron chi connectivity index (χ1n) is 7.73. The monoisotopic (exact) mass is 328 g/mol. The van der Waals surface area contributed by atoms with Crippen LogP contribution in [-0.2, 0) is 9.59 Å². The number of benzene rings is 1. The molecule has 0 unspecified atom stereocenters. The molecule has 24 heavy (non-hydrogen) atoms. The van der Waals surface area contributed by atoms with Crippen molar-refractivity contribution in [3.8, 4) is 17.6 Å². The zero-order chi connectivity index (χ0) is 17.5. The van der Waals surface area contributed by atoms with Crippen LogP contribution in [0.1, 0.15) is 18.4 Å². The van der Waals surface area contributed by atoms with Crippen molar-refractivity contribution < 1.29 is 19.1 Å². The van der Waals surface area contributed by atoms with Gasteiger partial charge in [-0.2, -0.15) is 5.26 Å². The number of nitrogens with zero attached hydrogens (tertiary/aromatic N) is 2. The van der Waals surface area contributed by atoms with Crippen LogP contribution in [0.4, 0.5) is 0 Å². The van der Waals surface area contributed by atoms with Crippen molar-refractivity contribution >= 4 is 17.8 Å². The van der Waals surface area contributed by atoms with E-state index in [1.165, 1.54) is 26.4 Å². The number of carbonyl (C=O) groups is 2. The molecular formula is C18H20N2O4. The average Bonchev–Trinajstić information content (AvgIpc) is 3.14. The normalized spacial score (nSPS) is 15.1. The molecule has 1 aromatic rings. The minimum atomic E-state index is -1.30. The molecular weight excluding hydrogens is 308 g/mol. The van der Waals surface area contributed by atoms with Gasteiger partial charge >= 0.3 is 0 Å². The van der Waals surface area contributed by atoms with Crippen LogP contribution in [0.5, 0.6) is 11.5 Å². The number of nitriles is 1. The molecule has 1 fully saturated rings. The van der Waals surface area contributed by atoms with Crippen LogP contribution in [0.3, 0.4) is 0 Å². The molecule has 1 amide bonds. The van der Waals surface area contributed by atoms with Crippen LogP contribution >= 0.6 is 0 Å². The number of likely N-dealkylation sites (tertiary alicyclic amines) is 1. The van der Waals surface area contributed by atoms with Crippen LogP contribution in [0.25, 0.3) is 6.08 Å². The van der Waals surface area contributed by atoms with Crippen molar-refractivity contribution in [3.05, 3.63) is 29.8 Å². The van der Waals surface area contributed by atoms with Gasteiger partial charge in [0, 0.05) is 18.7 Å². The number of hydrogen-bond donors (Lipinski definition) is 0. The Bertz CT molecular complexity index is 685. The molecule has 0 spiro atoms. The summed E-state index contributed by atoms with van der Waals surface area (Å²) >= 11 is 0. The maximum Gasteiger partial charge on any atom is 0.247 e. The smallest absolute Gasteiger partial charge is 0.247 e. The van der Waals surface area contributed by atoms with E-state index in [1.807, 2.05) is 6.07 Å². The van der Waals surface area contributed by atoms with Crippen LogP contribution in [0.15, 0.2) is 24.3 Å². The van der Waals surface area contributed by atoms with E-state index in [-0.39, 0.29) is 0 Å². The van der Waals surface area contributed by atoms with Gasteiger partial charge in [-0.15, -0.1) is 0 Å².